The Morgan fingerprint density at radius 2 is 0.979 bits per heavy atom. The molecule has 0 spiro atoms. The van der Waals surface area contributed by atoms with Crippen LogP contribution in [-0.2, 0) is 12.8 Å². The summed E-state index contributed by atoms with van der Waals surface area (Å²) in [6, 6.07) is 18.7. The highest BCUT2D eigenvalue weighted by Gasteiger charge is 2.64. The topological polar surface area (TPSA) is 23.6 Å². The Morgan fingerprint density at radius 1 is 0.562 bits per heavy atom. The van der Waals surface area contributed by atoms with Crippen LogP contribution >= 0.6 is 0 Å². The average molecular weight is 622 g/mol. The van der Waals surface area contributed by atoms with E-state index in [1.807, 2.05) is 0 Å². The third kappa shape index (κ3) is 2.53. The molecule has 0 atom stereocenters. The van der Waals surface area contributed by atoms with Gasteiger partial charge in [-0.05, 0) is 86.2 Å². The van der Waals surface area contributed by atoms with Gasteiger partial charge in [0.25, 0.3) is 0 Å². The van der Waals surface area contributed by atoms with Crippen molar-refractivity contribution in [3.63, 3.8) is 0 Å². The molecule has 0 N–H and O–H groups in total. The lowest BCUT2D eigenvalue weighted by Crippen LogP contribution is -2.60. The fraction of sp³-hybridized carbons (Fsp3) is 0.372. The molecule has 0 bridgehead atoms. The summed E-state index contributed by atoms with van der Waals surface area (Å²) >= 11 is 0. The molecule has 0 saturated heterocycles. The Balaban J connectivity index is 1.35. The van der Waals surface area contributed by atoms with E-state index in [1.165, 1.54) is 99.7 Å². The first-order chi connectivity index (χ1) is 22.8. The van der Waals surface area contributed by atoms with Crippen LogP contribution in [0.3, 0.4) is 0 Å². The lowest BCUT2D eigenvalue weighted by Gasteiger charge is -2.50. The molecule has 0 aromatic heterocycles. The van der Waals surface area contributed by atoms with E-state index in [1.54, 1.807) is 0 Å². The van der Waals surface area contributed by atoms with Crippen molar-refractivity contribution < 1.29 is 4.79 Å². The maximum Gasteiger partial charge on any atom is 0.337 e. The number of aryl methyl sites for hydroxylation is 2. The fourth-order valence-electron chi connectivity index (χ4n) is 13.7. The van der Waals surface area contributed by atoms with Gasteiger partial charge in [0.2, 0.25) is 13.4 Å². The van der Waals surface area contributed by atoms with Crippen LogP contribution in [-0.4, -0.2) is 19.5 Å². The minimum atomic E-state index is -0.137. The maximum atomic E-state index is 16.0. The Hall–Kier alpha value is -3.98. The van der Waals surface area contributed by atoms with E-state index in [0.29, 0.717) is 0 Å². The molecule has 2 amide bonds. The zero-order valence-electron chi connectivity index (χ0n) is 29.4. The lowest BCUT2D eigenvalue weighted by molar-refractivity contribution is 0.248. The van der Waals surface area contributed by atoms with Crippen LogP contribution in [0, 0.1) is 21.7 Å². The van der Waals surface area contributed by atoms with Gasteiger partial charge in [0, 0.05) is 27.6 Å². The maximum absolute atomic E-state index is 16.0. The van der Waals surface area contributed by atoms with Crippen molar-refractivity contribution in [3.8, 4) is 22.3 Å². The Morgan fingerprint density at radius 3 is 1.42 bits per heavy atom. The summed E-state index contributed by atoms with van der Waals surface area (Å²) in [7, 11) is 0. The number of fused-ring (bicyclic) bond motifs is 12. The normalized spacial score (nSPS) is 23.9. The van der Waals surface area contributed by atoms with E-state index >= 15 is 4.79 Å². The summed E-state index contributed by atoms with van der Waals surface area (Å²) < 4.78 is 0. The first-order valence-corrected chi connectivity index (χ1v) is 18.3. The second-order valence-corrected chi connectivity index (χ2v) is 18.9. The molecule has 5 aliphatic heterocycles. The van der Waals surface area contributed by atoms with E-state index in [9.17, 15) is 0 Å². The molecule has 3 nitrogen and oxygen atoms in total. The summed E-state index contributed by atoms with van der Waals surface area (Å²) in [5, 5.41) is 2.84. The fourth-order valence-corrected chi connectivity index (χ4v) is 13.7. The third-order valence-corrected chi connectivity index (χ3v) is 14.1. The van der Waals surface area contributed by atoms with Gasteiger partial charge in [-0.2, -0.15) is 0 Å². The van der Waals surface area contributed by atoms with Crippen molar-refractivity contribution in [2.75, 3.05) is 9.80 Å². The smallest absolute Gasteiger partial charge is 0.266 e. The lowest BCUT2D eigenvalue weighted by atomic mass is 9.32. The molecular weight excluding hydrogens is 582 g/mol. The first-order valence-electron chi connectivity index (χ1n) is 18.3. The number of amides is 2. The Labute approximate surface area is 284 Å². The van der Waals surface area contributed by atoms with E-state index in [4.69, 9.17) is 0 Å². The summed E-state index contributed by atoms with van der Waals surface area (Å²) in [5.74, 6) is 0. The number of carbonyl (C=O) groups is 1. The van der Waals surface area contributed by atoms with Crippen LogP contribution < -0.4 is 31.7 Å². The number of hydrogen-bond donors (Lipinski definition) is 0. The number of rotatable bonds is 0. The minimum Gasteiger partial charge on any atom is -0.266 e. The summed E-state index contributed by atoms with van der Waals surface area (Å²) in [6.07, 6.45) is 4.21. The summed E-state index contributed by atoms with van der Waals surface area (Å²) in [4.78, 5) is 20.6. The van der Waals surface area contributed by atoms with Crippen molar-refractivity contribution in [1.29, 1.82) is 0 Å². The molecule has 8 aliphatic rings. The zero-order valence-corrected chi connectivity index (χ0v) is 29.4. The second-order valence-electron chi connectivity index (χ2n) is 18.9. The predicted molar refractivity (Wildman–Crippen MR) is 201 cm³/mol. The number of carbonyl (C=O) groups excluding carboxylic acids is 1. The number of benzene rings is 4. The first kappa shape index (κ1) is 26.9. The summed E-state index contributed by atoms with van der Waals surface area (Å²) in [6.45, 7) is 19.8. The van der Waals surface area contributed by atoms with Gasteiger partial charge in [0.15, 0.2) is 0 Å². The van der Waals surface area contributed by atoms with Crippen molar-refractivity contribution >= 4 is 63.5 Å². The van der Waals surface area contributed by atoms with Crippen molar-refractivity contribution in [3.05, 3.63) is 82.0 Å². The molecule has 5 heteroatoms. The highest BCUT2D eigenvalue weighted by molar-refractivity contribution is 6.98. The number of nitrogens with zero attached hydrogens (tertiary/aromatic N) is 2. The number of urea groups is 1. The van der Waals surface area contributed by atoms with Gasteiger partial charge >= 0.3 is 6.03 Å². The van der Waals surface area contributed by atoms with Gasteiger partial charge in [-0.3, -0.25) is 9.80 Å². The molecule has 0 fully saturated rings. The monoisotopic (exact) mass is 622 g/mol. The van der Waals surface area contributed by atoms with Gasteiger partial charge < -0.3 is 0 Å². The van der Waals surface area contributed by atoms with Crippen LogP contribution in [0.4, 0.5) is 16.2 Å². The molecular formula is C43H40B2N2O. The Bertz CT molecular complexity index is 2290. The van der Waals surface area contributed by atoms with Gasteiger partial charge in [-0.1, -0.05) is 126 Å². The van der Waals surface area contributed by atoms with E-state index in [-0.39, 0.29) is 41.1 Å². The molecule has 4 aromatic carbocycles. The minimum absolute atomic E-state index is 0.0252. The van der Waals surface area contributed by atoms with Crippen LogP contribution in [0.15, 0.2) is 70.9 Å². The molecule has 4 aromatic rings. The quantitative estimate of drug-likeness (QED) is 0.188. The molecule has 48 heavy (non-hydrogen) atoms. The molecule has 0 unspecified atom stereocenters. The molecule has 0 saturated carbocycles. The number of allylic oxidation sites excluding steroid dienone is 4. The molecule has 5 heterocycles. The standard InChI is InChI=1S/C43H40B2N2O/c1-40(2)19-42(5,6)37-35(40)44-25-15-11-9-13-21(25)28-23-17-18-24-27(23)30-33(31(28)44)46(37)39(48)47-34(30)32-29(24)22-14-10-12-16-26(22)45(32)36-38(47)43(7,8)20-41(36,3)4/h9-16H,17-20H2,1-8H3. The van der Waals surface area contributed by atoms with Gasteiger partial charge in [-0.25, -0.2) is 4.79 Å². The van der Waals surface area contributed by atoms with Crippen LogP contribution in [0.5, 0.6) is 0 Å². The highest BCUT2D eigenvalue weighted by atomic mass is 16.2. The molecule has 0 radical (unpaired) electrons. The third-order valence-electron chi connectivity index (χ3n) is 14.1. The van der Waals surface area contributed by atoms with E-state index in [0.717, 1.165) is 25.7 Å². The van der Waals surface area contributed by atoms with Crippen LogP contribution in [0.2, 0.25) is 0 Å². The highest BCUT2D eigenvalue weighted by Crippen LogP contribution is 2.66. The van der Waals surface area contributed by atoms with Crippen LogP contribution in [0.25, 0.3) is 33.0 Å². The van der Waals surface area contributed by atoms with E-state index < -0.39 is 0 Å². The SMILES string of the molecule is CC1(C)CC(C)(C)C2=C1B1c3ccccc3-c3c1c1c4c5c6c(c7c4c3CC7)-c3ccccc3B6C3=C(N5C(=O)N21)C(C)(C)CC3(C)C. The van der Waals surface area contributed by atoms with Crippen molar-refractivity contribution in [2.24, 2.45) is 21.7 Å². The summed E-state index contributed by atoms with van der Waals surface area (Å²) in [5.41, 5.74) is 22.2. The average Bonchev–Trinajstić information content (AvgIpc) is 3.77. The van der Waals surface area contributed by atoms with Crippen LogP contribution in [0.1, 0.15) is 79.4 Å². The largest absolute Gasteiger partial charge is 0.337 e. The van der Waals surface area contributed by atoms with Gasteiger partial charge in [0.1, 0.15) is 0 Å². The van der Waals surface area contributed by atoms with Gasteiger partial charge in [-0.15, -0.1) is 0 Å². The molecule has 3 aliphatic carbocycles. The Kier molecular flexibility index (Phi) is 4.17. The zero-order chi connectivity index (χ0) is 32.8. The van der Waals surface area contributed by atoms with Crippen molar-refractivity contribution in [1.82, 2.24) is 0 Å². The number of anilines is 2. The molecule has 234 valence electrons. The van der Waals surface area contributed by atoms with E-state index in [2.05, 4.69) is 114 Å². The second kappa shape index (κ2) is 7.44. The van der Waals surface area contributed by atoms with Gasteiger partial charge in [0.05, 0.1) is 11.4 Å². The predicted octanol–water partition coefficient (Wildman–Crippen LogP) is 7.39. The number of hydrogen-bond acceptors (Lipinski definition) is 1. The molecule has 12 rings (SSSR count). The van der Waals surface area contributed by atoms with Crippen molar-refractivity contribution in [2.45, 2.75) is 81.1 Å².